The average molecular weight is 435 g/mol. The van der Waals surface area contributed by atoms with Gasteiger partial charge < -0.3 is 31.9 Å². The van der Waals surface area contributed by atoms with E-state index in [-0.39, 0.29) is 17.6 Å². The molecule has 0 aliphatic rings. The predicted octanol–water partition coefficient (Wildman–Crippen LogP) is -1.13. The second kappa shape index (κ2) is 13.4. The number of aliphatic hydroxyl groups is 1. The van der Waals surface area contributed by atoms with Crippen LogP contribution < -0.4 is 21.7 Å². The summed E-state index contributed by atoms with van der Waals surface area (Å²) >= 11 is 4.04. The molecule has 10 nitrogen and oxygen atoms in total. The monoisotopic (exact) mass is 434 g/mol. The predicted molar refractivity (Wildman–Crippen MR) is 111 cm³/mol. The molecule has 6 unspecified atom stereocenters. The maximum atomic E-state index is 12.4. The van der Waals surface area contributed by atoms with Crippen molar-refractivity contribution in [3.05, 3.63) is 0 Å². The summed E-state index contributed by atoms with van der Waals surface area (Å²) in [5, 5.41) is 25.8. The second-order valence-corrected chi connectivity index (χ2v) is 7.47. The Morgan fingerprint density at radius 1 is 0.897 bits per heavy atom. The summed E-state index contributed by atoms with van der Waals surface area (Å²) in [5.74, 6) is -3.82. The molecule has 7 N–H and O–H groups in total. The van der Waals surface area contributed by atoms with Gasteiger partial charge in [-0.1, -0.05) is 40.5 Å². The van der Waals surface area contributed by atoms with Crippen LogP contribution in [0.3, 0.4) is 0 Å². The van der Waals surface area contributed by atoms with Crippen molar-refractivity contribution in [2.45, 2.75) is 64.7 Å². The highest BCUT2D eigenvalue weighted by molar-refractivity contribution is 7.80. The number of nitrogens with one attached hydrogen (secondary N) is 3. The van der Waals surface area contributed by atoms with Crippen molar-refractivity contribution in [3.8, 4) is 0 Å². The molecular weight excluding hydrogens is 400 g/mol. The van der Waals surface area contributed by atoms with Gasteiger partial charge in [-0.2, -0.15) is 12.6 Å². The van der Waals surface area contributed by atoms with Gasteiger partial charge in [-0.3, -0.25) is 14.4 Å². The van der Waals surface area contributed by atoms with Crippen LogP contribution in [0.5, 0.6) is 0 Å². The number of amides is 3. The Kier molecular flexibility index (Phi) is 12.5. The number of rotatable bonds is 13. The number of carbonyl (C=O) groups is 4. The van der Waals surface area contributed by atoms with Crippen LogP contribution in [0, 0.1) is 11.8 Å². The first-order chi connectivity index (χ1) is 13.5. The molecule has 0 aromatic rings. The molecule has 0 aliphatic carbocycles. The standard InChI is InChI=1S/C18H34N4O6S/c1-5-9(3)13(19)17(26)21-12(8-29)16(25)20-11(7-23)15(24)22-14(18(27)28)10(4)6-2/h9-14,23,29H,5-8,19H2,1-4H3,(H,20,25)(H,21,26)(H,22,24)(H,27,28). The van der Waals surface area contributed by atoms with Crippen molar-refractivity contribution < 1.29 is 29.4 Å². The highest BCUT2D eigenvalue weighted by Gasteiger charge is 2.31. The Bertz CT molecular complexity index is 577. The van der Waals surface area contributed by atoms with E-state index in [2.05, 4.69) is 28.6 Å². The molecule has 0 spiro atoms. The fourth-order valence-corrected chi connectivity index (χ4v) is 2.63. The lowest BCUT2D eigenvalue weighted by Gasteiger charge is -2.25. The van der Waals surface area contributed by atoms with E-state index in [1.165, 1.54) is 0 Å². The van der Waals surface area contributed by atoms with Crippen LogP contribution in [0.1, 0.15) is 40.5 Å². The Morgan fingerprint density at radius 3 is 1.79 bits per heavy atom. The lowest BCUT2D eigenvalue weighted by molar-refractivity contribution is -0.144. The molecule has 29 heavy (non-hydrogen) atoms. The van der Waals surface area contributed by atoms with Crippen LogP contribution in [0.25, 0.3) is 0 Å². The summed E-state index contributed by atoms with van der Waals surface area (Å²) < 4.78 is 0. The third-order valence-corrected chi connectivity index (χ3v) is 5.33. The molecule has 0 aliphatic heterocycles. The number of aliphatic carboxylic acids is 1. The first-order valence-electron chi connectivity index (χ1n) is 9.65. The lowest BCUT2D eigenvalue weighted by atomic mass is 9.99. The fraction of sp³-hybridized carbons (Fsp3) is 0.778. The number of carboxylic acids is 1. The first-order valence-corrected chi connectivity index (χ1v) is 10.3. The molecule has 11 heteroatoms. The summed E-state index contributed by atoms with van der Waals surface area (Å²) in [6, 6.07) is -4.42. The number of hydrogen-bond acceptors (Lipinski definition) is 7. The summed E-state index contributed by atoms with van der Waals surface area (Å²) in [6.07, 6.45) is 1.19. The zero-order valence-corrected chi connectivity index (χ0v) is 18.2. The smallest absolute Gasteiger partial charge is 0.326 e. The molecule has 6 atom stereocenters. The SMILES string of the molecule is CCC(C)C(N)C(=O)NC(CS)C(=O)NC(CO)C(=O)NC(C(=O)O)C(C)CC. The second-order valence-electron chi connectivity index (χ2n) is 7.11. The average Bonchev–Trinajstić information content (AvgIpc) is 2.71. The van der Waals surface area contributed by atoms with E-state index in [9.17, 15) is 29.4 Å². The topological polar surface area (TPSA) is 171 Å². The maximum absolute atomic E-state index is 12.4. The molecule has 0 aromatic heterocycles. The van der Waals surface area contributed by atoms with E-state index < -0.39 is 54.5 Å². The third-order valence-electron chi connectivity index (χ3n) is 4.97. The van der Waals surface area contributed by atoms with Crippen molar-refractivity contribution >= 4 is 36.3 Å². The molecular formula is C18H34N4O6S. The van der Waals surface area contributed by atoms with Crippen LogP contribution in [0.2, 0.25) is 0 Å². The molecule has 0 heterocycles. The van der Waals surface area contributed by atoms with Crippen molar-refractivity contribution in [1.82, 2.24) is 16.0 Å². The number of nitrogens with two attached hydrogens (primary N) is 1. The fourth-order valence-electron chi connectivity index (χ4n) is 2.38. The van der Waals surface area contributed by atoms with Crippen molar-refractivity contribution in [2.24, 2.45) is 17.6 Å². The first kappa shape index (κ1) is 27.1. The summed E-state index contributed by atoms with van der Waals surface area (Å²) in [4.78, 5) is 48.3. The van der Waals surface area contributed by atoms with E-state index in [1.54, 1.807) is 13.8 Å². The number of carboxylic acid groups (broad SMARTS) is 1. The third kappa shape index (κ3) is 8.58. The van der Waals surface area contributed by atoms with Crippen molar-refractivity contribution in [3.63, 3.8) is 0 Å². The molecule has 168 valence electrons. The van der Waals surface area contributed by atoms with Crippen LogP contribution in [-0.2, 0) is 19.2 Å². The molecule has 3 amide bonds. The highest BCUT2D eigenvalue weighted by Crippen LogP contribution is 2.08. The van der Waals surface area contributed by atoms with Gasteiger partial charge >= 0.3 is 5.97 Å². The van der Waals surface area contributed by atoms with Crippen molar-refractivity contribution in [1.29, 1.82) is 0 Å². The summed E-state index contributed by atoms with van der Waals surface area (Å²) in [6.45, 7) is 6.39. The minimum Gasteiger partial charge on any atom is -0.480 e. The quantitative estimate of drug-likeness (QED) is 0.180. The Balaban J connectivity index is 5.07. The Labute approximate surface area is 176 Å². The zero-order valence-electron chi connectivity index (χ0n) is 17.3. The van der Waals surface area contributed by atoms with Gasteiger partial charge in [-0.05, 0) is 11.8 Å². The van der Waals surface area contributed by atoms with Gasteiger partial charge in [0, 0.05) is 5.75 Å². The Morgan fingerprint density at radius 2 is 1.38 bits per heavy atom. The van der Waals surface area contributed by atoms with Gasteiger partial charge in [0.2, 0.25) is 17.7 Å². The van der Waals surface area contributed by atoms with Crippen LogP contribution in [0.4, 0.5) is 0 Å². The van der Waals surface area contributed by atoms with Crippen LogP contribution >= 0.6 is 12.6 Å². The van der Waals surface area contributed by atoms with E-state index in [4.69, 9.17) is 5.73 Å². The minimum absolute atomic E-state index is 0.0603. The molecule has 0 saturated carbocycles. The van der Waals surface area contributed by atoms with Crippen LogP contribution in [0.15, 0.2) is 0 Å². The maximum Gasteiger partial charge on any atom is 0.326 e. The van der Waals surface area contributed by atoms with Gasteiger partial charge in [-0.25, -0.2) is 4.79 Å². The van der Waals surface area contributed by atoms with Gasteiger partial charge in [0.05, 0.1) is 12.6 Å². The van der Waals surface area contributed by atoms with E-state index in [0.29, 0.717) is 12.8 Å². The summed E-state index contributed by atoms with van der Waals surface area (Å²) in [5.41, 5.74) is 5.85. The van der Waals surface area contributed by atoms with Gasteiger partial charge in [-0.15, -0.1) is 0 Å². The minimum atomic E-state index is -1.38. The van der Waals surface area contributed by atoms with Crippen LogP contribution in [-0.4, -0.2) is 70.4 Å². The highest BCUT2D eigenvalue weighted by atomic mass is 32.1. The van der Waals surface area contributed by atoms with Gasteiger partial charge in [0.25, 0.3) is 0 Å². The largest absolute Gasteiger partial charge is 0.480 e. The molecule has 0 radical (unpaired) electrons. The normalized spacial score (nSPS) is 17.2. The van der Waals surface area contributed by atoms with E-state index >= 15 is 0 Å². The molecule has 0 fully saturated rings. The van der Waals surface area contributed by atoms with Gasteiger partial charge in [0.15, 0.2) is 0 Å². The molecule has 0 aromatic carbocycles. The number of thiol groups is 1. The van der Waals surface area contributed by atoms with Gasteiger partial charge in [0.1, 0.15) is 18.1 Å². The van der Waals surface area contributed by atoms with Crippen molar-refractivity contribution in [2.75, 3.05) is 12.4 Å². The van der Waals surface area contributed by atoms with E-state index in [0.717, 1.165) is 0 Å². The molecule has 0 bridgehead atoms. The summed E-state index contributed by atoms with van der Waals surface area (Å²) in [7, 11) is 0. The lowest BCUT2D eigenvalue weighted by Crippen LogP contribution is -2.59. The molecule has 0 rings (SSSR count). The zero-order chi connectivity index (χ0) is 22.7. The number of aliphatic hydroxyl groups excluding tert-OH is 1. The number of carbonyl (C=O) groups excluding carboxylic acids is 3. The molecule has 0 saturated heterocycles. The van der Waals surface area contributed by atoms with E-state index in [1.807, 2.05) is 13.8 Å². The number of hydrogen-bond donors (Lipinski definition) is 7. The Hall–Kier alpha value is -1.85.